The summed E-state index contributed by atoms with van der Waals surface area (Å²) in [4.78, 5) is 16.2. The van der Waals surface area contributed by atoms with Crippen molar-refractivity contribution in [3.8, 4) is 0 Å². The van der Waals surface area contributed by atoms with Crippen LogP contribution in [0.15, 0.2) is 36.7 Å². The van der Waals surface area contributed by atoms with Gasteiger partial charge in [-0.2, -0.15) is 0 Å². The second-order valence-electron chi connectivity index (χ2n) is 5.13. The van der Waals surface area contributed by atoms with E-state index >= 15 is 0 Å². The van der Waals surface area contributed by atoms with Gasteiger partial charge in [-0.1, -0.05) is 19.9 Å². The van der Waals surface area contributed by atoms with Crippen molar-refractivity contribution in [1.29, 1.82) is 0 Å². The average Bonchev–Trinajstić information content (AvgIpc) is 2.63. The third-order valence-electron chi connectivity index (χ3n) is 3.27. The van der Waals surface area contributed by atoms with Crippen LogP contribution in [-0.4, -0.2) is 31.2 Å². The van der Waals surface area contributed by atoms with E-state index in [4.69, 9.17) is 4.74 Å². The van der Waals surface area contributed by atoms with Crippen LogP contribution in [0, 0.1) is 12.7 Å². The molecular formula is C19H26FN3O2. The van der Waals surface area contributed by atoms with Crippen LogP contribution in [0.2, 0.25) is 0 Å². The van der Waals surface area contributed by atoms with Crippen LogP contribution in [0.3, 0.4) is 0 Å². The second-order valence-corrected chi connectivity index (χ2v) is 5.13. The van der Waals surface area contributed by atoms with Crippen LogP contribution in [-0.2, 0) is 4.74 Å². The van der Waals surface area contributed by atoms with Crippen LogP contribution in [0.5, 0.6) is 0 Å². The topological polar surface area (TPSA) is 63.2 Å². The minimum absolute atomic E-state index is 0.237. The number of aryl methyl sites for hydroxylation is 1. The Hall–Kier alpha value is -2.47. The maximum atomic E-state index is 14.0. The molecule has 0 aliphatic carbocycles. The van der Waals surface area contributed by atoms with Gasteiger partial charge in [0, 0.05) is 26.5 Å². The third kappa shape index (κ3) is 6.51. The summed E-state index contributed by atoms with van der Waals surface area (Å²) in [7, 11) is 1.61. The highest BCUT2D eigenvalue weighted by atomic mass is 19.1. The zero-order valence-corrected chi connectivity index (χ0v) is 15.2. The molecule has 0 saturated heterocycles. The summed E-state index contributed by atoms with van der Waals surface area (Å²) in [6.07, 6.45) is 3.76. The SMILES string of the molecule is CC.COCCCNC(=O)c1ccncc1Nc1ccc(C)cc1F. The molecule has 1 aromatic heterocycles. The quantitative estimate of drug-likeness (QED) is 0.741. The number of ether oxygens (including phenoxy) is 1. The Kier molecular flexibility index (Phi) is 9.17. The van der Waals surface area contributed by atoms with Crippen molar-refractivity contribution < 1.29 is 13.9 Å². The van der Waals surface area contributed by atoms with Crippen molar-refractivity contribution in [1.82, 2.24) is 10.3 Å². The van der Waals surface area contributed by atoms with Gasteiger partial charge in [-0.3, -0.25) is 9.78 Å². The molecule has 1 heterocycles. The first-order valence-corrected chi connectivity index (χ1v) is 8.36. The van der Waals surface area contributed by atoms with Gasteiger partial charge in [0.2, 0.25) is 0 Å². The number of methoxy groups -OCH3 is 1. The van der Waals surface area contributed by atoms with Crippen LogP contribution in [0.1, 0.15) is 36.2 Å². The molecule has 2 aromatic rings. The maximum Gasteiger partial charge on any atom is 0.253 e. The number of nitrogens with zero attached hydrogens (tertiary/aromatic N) is 1. The fourth-order valence-electron chi connectivity index (χ4n) is 2.07. The lowest BCUT2D eigenvalue weighted by Crippen LogP contribution is -2.26. The molecule has 0 aliphatic heterocycles. The van der Waals surface area contributed by atoms with Crippen LogP contribution in [0.25, 0.3) is 0 Å². The van der Waals surface area contributed by atoms with Gasteiger partial charge in [0.25, 0.3) is 5.91 Å². The number of hydrogen-bond donors (Lipinski definition) is 2. The van der Waals surface area contributed by atoms with E-state index in [1.165, 1.54) is 18.5 Å². The second kappa shape index (κ2) is 11.1. The number of carbonyl (C=O) groups excluding carboxylic acids is 1. The number of rotatable bonds is 7. The van der Waals surface area contributed by atoms with Crippen LogP contribution >= 0.6 is 0 Å². The van der Waals surface area contributed by atoms with E-state index in [0.29, 0.717) is 30.1 Å². The van der Waals surface area contributed by atoms with E-state index in [1.807, 2.05) is 20.8 Å². The number of anilines is 2. The van der Waals surface area contributed by atoms with E-state index in [0.717, 1.165) is 12.0 Å². The number of hydrogen-bond acceptors (Lipinski definition) is 4. The van der Waals surface area contributed by atoms with E-state index in [2.05, 4.69) is 15.6 Å². The van der Waals surface area contributed by atoms with Crippen molar-refractivity contribution in [2.45, 2.75) is 27.2 Å². The Labute approximate surface area is 148 Å². The lowest BCUT2D eigenvalue weighted by atomic mass is 10.1. The van der Waals surface area contributed by atoms with Gasteiger partial charge in [0.1, 0.15) is 5.82 Å². The highest BCUT2D eigenvalue weighted by Gasteiger charge is 2.12. The Morgan fingerprint density at radius 3 is 2.68 bits per heavy atom. The van der Waals surface area contributed by atoms with Crippen molar-refractivity contribution in [2.75, 3.05) is 25.6 Å². The van der Waals surface area contributed by atoms with E-state index in [9.17, 15) is 9.18 Å². The molecule has 0 fully saturated rings. The van der Waals surface area contributed by atoms with Gasteiger partial charge in [-0.05, 0) is 37.1 Å². The van der Waals surface area contributed by atoms with E-state index in [1.54, 1.807) is 25.3 Å². The van der Waals surface area contributed by atoms with E-state index < -0.39 is 0 Å². The summed E-state index contributed by atoms with van der Waals surface area (Å²) in [5.41, 5.74) is 2.00. The predicted molar refractivity (Wildman–Crippen MR) is 98.8 cm³/mol. The number of pyridine rings is 1. The first kappa shape index (κ1) is 20.6. The molecule has 2 N–H and O–H groups in total. The number of carbonyl (C=O) groups is 1. The molecule has 2 rings (SSSR count). The van der Waals surface area contributed by atoms with Gasteiger partial charge in [-0.25, -0.2) is 4.39 Å². The Balaban J connectivity index is 0.00000151. The summed E-state index contributed by atoms with van der Waals surface area (Å²) in [6, 6.07) is 6.47. The average molecular weight is 347 g/mol. The molecular weight excluding hydrogens is 321 g/mol. The lowest BCUT2D eigenvalue weighted by molar-refractivity contribution is 0.0949. The first-order chi connectivity index (χ1) is 12.1. The minimum Gasteiger partial charge on any atom is -0.385 e. The summed E-state index contributed by atoms with van der Waals surface area (Å²) in [5.74, 6) is -0.612. The fourth-order valence-corrected chi connectivity index (χ4v) is 2.07. The highest BCUT2D eigenvalue weighted by molar-refractivity contribution is 6.00. The summed E-state index contributed by atoms with van der Waals surface area (Å²) in [5, 5.41) is 5.73. The molecule has 0 radical (unpaired) electrons. The number of halogens is 1. The molecule has 0 bridgehead atoms. The maximum absolute atomic E-state index is 14.0. The molecule has 5 nitrogen and oxygen atoms in total. The molecule has 136 valence electrons. The Bertz CT molecular complexity index is 677. The van der Waals surface area contributed by atoms with Crippen molar-refractivity contribution >= 4 is 17.3 Å². The highest BCUT2D eigenvalue weighted by Crippen LogP contribution is 2.23. The summed E-state index contributed by atoms with van der Waals surface area (Å²) in [6.45, 7) is 6.90. The molecule has 0 unspecified atom stereocenters. The Morgan fingerprint density at radius 1 is 1.24 bits per heavy atom. The van der Waals surface area contributed by atoms with E-state index in [-0.39, 0.29) is 11.7 Å². The standard InChI is InChI=1S/C17H20FN3O2.C2H6/c1-12-4-5-15(14(18)10-12)21-16-11-19-8-6-13(16)17(22)20-7-3-9-23-2;1-2/h4-6,8,10-11,21H,3,7,9H2,1-2H3,(H,20,22);1-2H3. The zero-order chi connectivity index (χ0) is 18.7. The number of benzene rings is 1. The van der Waals surface area contributed by atoms with Gasteiger partial charge >= 0.3 is 0 Å². The number of aromatic nitrogens is 1. The van der Waals surface area contributed by atoms with Crippen molar-refractivity contribution in [3.63, 3.8) is 0 Å². The van der Waals surface area contributed by atoms with Crippen molar-refractivity contribution in [2.24, 2.45) is 0 Å². The third-order valence-corrected chi connectivity index (χ3v) is 3.27. The normalized spacial score (nSPS) is 9.80. The van der Waals surface area contributed by atoms with Gasteiger partial charge in [0.15, 0.2) is 0 Å². The summed E-state index contributed by atoms with van der Waals surface area (Å²) >= 11 is 0. The van der Waals surface area contributed by atoms with Gasteiger partial charge in [0.05, 0.1) is 23.1 Å². The molecule has 1 amide bonds. The summed E-state index contributed by atoms with van der Waals surface area (Å²) < 4.78 is 18.9. The molecule has 0 saturated carbocycles. The molecule has 1 aromatic carbocycles. The smallest absolute Gasteiger partial charge is 0.253 e. The number of amides is 1. The van der Waals surface area contributed by atoms with Gasteiger partial charge < -0.3 is 15.4 Å². The minimum atomic E-state index is -0.375. The monoisotopic (exact) mass is 347 g/mol. The molecule has 25 heavy (non-hydrogen) atoms. The zero-order valence-electron chi connectivity index (χ0n) is 15.2. The Morgan fingerprint density at radius 2 is 2.00 bits per heavy atom. The largest absolute Gasteiger partial charge is 0.385 e. The van der Waals surface area contributed by atoms with Crippen LogP contribution < -0.4 is 10.6 Å². The number of nitrogens with one attached hydrogen (secondary N) is 2. The molecule has 0 aliphatic rings. The van der Waals surface area contributed by atoms with Gasteiger partial charge in [-0.15, -0.1) is 0 Å². The lowest BCUT2D eigenvalue weighted by Gasteiger charge is -2.12. The fraction of sp³-hybridized carbons (Fsp3) is 0.368. The molecule has 6 heteroatoms. The van der Waals surface area contributed by atoms with Crippen molar-refractivity contribution in [3.05, 3.63) is 53.6 Å². The van der Waals surface area contributed by atoms with Crippen LogP contribution in [0.4, 0.5) is 15.8 Å². The first-order valence-electron chi connectivity index (χ1n) is 8.36. The molecule has 0 spiro atoms. The predicted octanol–water partition coefficient (Wildman–Crippen LogP) is 4.07. The molecule has 0 atom stereocenters.